The van der Waals surface area contributed by atoms with E-state index in [1.807, 2.05) is 18.2 Å². The summed E-state index contributed by atoms with van der Waals surface area (Å²) in [6, 6.07) is 6.52. The first-order valence-electron chi connectivity index (χ1n) is 7.02. The fourth-order valence-corrected chi connectivity index (χ4v) is 3.46. The lowest BCUT2D eigenvalue weighted by atomic mass is 9.95. The quantitative estimate of drug-likeness (QED) is 0.731. The zero-order chi connectivity index (χ0) is 13.2. The highest BCUT2D eigenvalue weighted by Crippen LogP contribution is 2.33. The number of halogens is 2. The second kappa shape index (κ2) is 5.72. The maximum Gasteiger partial charge on any atom is 0.111 e. The first-order chi connectivity index (χ1) is 9.29. The molecule has 0 unspecified atom stereocenters. The number of fused-ring (bicyclic) bond motifs is 1. The average Bonchev–Trinajstić information content (AvgIpc) is 2.77. The summed E-state index contributed by atoms with van der Waals surface area (Å²) in [6.45, 7) is 0. The summed E-state index contributed by atoms with van der Waals surface area (Å²) >= 11 is 12.1. The van der Waals surface area contributed by atoms with Crippen LogP contribution in [0.2, 0.25) is 5.02 Å². The number of alkyl halides is 1. The molecule has 1 heterocycles. The Balaban J connectivity index is 2.11. The van der Waals surface area contributed by atoms with Gasteiger partial charge in [0.05, 0.1) is 11.0 Å². The van der Waals surface area contributed by atoms with Crippen molar-refractivity contribution in [2.45, 2.75) is 44.6 Å². The molecule has 1 fully saturated rings. The molecule has 3 rings (SSSR count). The van der Waals surface area contributed by atoms with E-state index in [1.165, 1.54) is 37.6 Å². The molecule has 0 amide bonds. The number of nitrogens with zero attached hydrogens (tertiary/aromatic N) is 2. The number of rotatable bonds is 3. The second-order valence-corrected chi connectivity index (χ2v) is 6.08. The van der Waals surface area contributed by atoms with Crippen LogP contribution in [0.5, 0.6) is 0 Å². The van der Waals surface area contributed by atoms with Gasteiger partial charge in [0.15, 0.2) is 0 Å². The van der Waals surface area contributed by atoms with E-state index in [1.54, 1.807) is 0 Å². The lowest BCUT2D eigenvalue weighted by Crippen LogP contribution is -2.15. The van der Waals surface area contributed by atoms with Gasteiger partial charge in [0, 0.05) is 23.4 Å². The lowest BCUT2D eigenvalue weighted by molar-refractivity contribution is 0.353. The van der Waals surface area contributed by atoms with Gasteiger partial charge in [-0.2, -0.15) is 0 Å². The first kappa shape index (κ1) is 13.3. The topological polar surface area (TPSA) is 17.8 Å². The number of aromatic nitrogens is 2. The van der Waals surface area contributed by atoms with Crippen LogP contribution in [-0.2, 0) is 6.42 Å². The number of hydrogen-bond donors (Lipinski definition) is 0. The molecule has 0 atom stereocenters. The van der Waals surface area contributed by atoms with Crippen molar-refractivity contribution < 1.29 is 0 Å². The third kappa shape index (κ3) is 2.61. The van der Waals surface area contributed by atoms with Crippen molar-refractivity contribution in [3.63, 3.8) is 0 Å². The molecule has 0 aliphatic heterocycles. The molecule has 0 bridgehead atoms. The highest BCUT2D eigenvalue weighted by Gasteiger charge is 2.21. The molecule has 1 aliphatic rings. The van der Waals surface area contributed by atoms with Crippen molar-refractivity contribution in [1.82, 2.24) is 9.55 Å². The zero-order valence-electron chi connectivity index (χ0n) is 10.9. The van der Waals surface area contributed by atoms with Crippen LogP contribution in [0.4, 0.5) is 0 Å². The van der Waals surface area contributed by atoms with Gasteiger partial charge < -0.3 is 4.57 Å². The van der Waals surface area contributed by atoms with Gasteiger partial charge in [0.25, 0.3) is 0 Å². The Morgan fingerprint density at radius 1 is 1.21 bits per heavy atom. The SMILES string of the molecule is ClCCc1nc2ccc(Cl)cc2n1C1CCCCC1. The van der Waals surface area contributed by atoms with Crippen LogP contribution in [0.1, 0.15) is 44.0 Å². The molecule has 0 N–H and O–H groups in total. The van der Waals surface area contributed by atoms with Crippen molar-refractivity contribution in [2.75, 3.05) is 5.88 Å². The van der Waals surface area contributed by atoms with Crippen LogP contribution >= 0.6 is 23.2 Å². The lowest BCUT2D eigenvalue weighted by Gasteiger charge is -2.25. The summed E-state index contributed by atoms with van der Waals surface area (Å²) in [7, 11) is 0. The monoisotopic (exact) mass is 296 g/mol. The molecule has 2 nitrogen and oxygen atoms in total. The third-order valence-corrected chi connectivity index (χ3v) is 4.41. The molecule has 1 aromatic heterocycles. The van der Waals surface area contributed by atoms with Gasteiger partial charge in [-0.15, -0.1) is 11.6 Å². The largest absolute Gasteiger partial charge is 0.325 e. The van der Waals surface area contributed by atoms with Gasteiger partial charge in [0.2, 0.25) is 0 Å². The Morgan fingerprint density at radius 3 is 2.74 bits per heavy atom. The first-order valence-corrected chi connectivity index (χ1v) is 7.93. The predicted molar refractivity (Wildman–Crippen MR) is 81.3 cm³/mol. The van der Waals surface area contributed by atoms with E-state index < -0.39 is 0 Å². The van der Waals surface area contributed by atoms with E-state index in [0.29, 0.717) is 11.9 Å². The number of aryl methyl sites for hydroxylation is 1. The smallest absolute Gasteiger partial charge is 0.111 e. The van der Waals surface area contributed by atoms with E-state index in [4.69, 9.17) is 28.2 Å². The highest BCUT2D eigenvalue weighted by molar-refractivity contribution is 6.31. The van der Waals surface area contributed by atoms with Gasteiger partial charge >= 0.3 is 0 Å². The molecule has 102 valence electrons. The van der Waals surface area contributed by atoms with E-state index in [9.17, 15) is 0 Å². The maximum atomic E-state index is 6.15. The van der Waals surface area contributed by atoms with Crippen molar-refractivity contribution >= 4 is 34.2 Å². The summed E-state index contributed by atoms with van der Waals surface area (Å²) in [4.78, 5) is 4.74. The average molecular weight is 297 g/mol. The maximum absolute atomic E-state index is 6.15. The standard InChI is InChI=1S/C15H18Cl2N2/c16-9-8-15-18-13-7-6-11(17)10-14(13)19(15)12-4-2-1-3-5-12/h6-7,10,12H,1-5,8-9H2. The molecular formula is C15H18Cl2N2. The van der Waals surface area contributed by atoms with Crippen LogP contribution in [-0.4, -0.2) is 15.4 Å². The van der Waals surface area contributed by atoms with Gasteiger partial charge in [-0.3, -0.25) is 0 Å². The molecule has 0 radical (unpaired) electrons. The van der Waals surface area contributed by atoms with Crippen molar-refractivity contribution in [3.8, 4) is 0 Å². The number of imidazole rings is 1. The van der Waals surface area contributed by atoms with E-state index in [2.05, 4.69) is 4.57 Å². The minimum absolute atomic E-state index is 0.565. The highest BCUT2D eigenvalue weighted by atomic mass is 35.5. The van der Waals surface area contributed by atoms with Crippen LogP contribution < -0.4 is 0 Å². The summed E-state index contributed by atoms with van der Waals surface area (Å²) in [5.41, 5.74) is 2.20. The van der Waals surface area contributed by atoms with Gasteiger partial charge in [-0.1, -0.05) is 30.9 Å². The minimum atomic E-state index is 0.565. The van der Waals surface area contributed by atoms with Gasteiger partial charge in [-0.05, 0) is 31.0 Å². The molecule has 1 aliphatic carbocycles. The summed E-state index contributed by atoms with van der Waals surface area (Å²) < 4.78 is 2.39. The molecular weight excluding hydrogens is 279 g/mol. The van der Waals surface area contributed by atoms with Gasteiger partial charge in [0.1, 0.15) is 5.82 Å². The van der Waals surface area contributed by atoms with Crippen LogP contribution in [0.3, 0.4) is 0 Å². The normalized spacial score (nSPS) is 17.2. The van der Waals surface area contributed by atoms with Gasteiger partial charge in [-0.25, -0.2) is 4.98 Å². The molecule has 1 aromatic carbocycles. The van der Waals surface area contributed by atoms with Crippen molar-refractivity contribution in [3.05, 3.63) is 29.0 Å². The Kier molecular flexibility index (Phi) is 3.99. The van der Waals surface area contributed by atoms with Crippen molar-refractivity contribution in [1.29, 1.82) is 0 Å². The summed E-state index contributed by atoms with van der Waals surface area (Å²) in [6.07, 6.45) is 7.29. The Bertz CT molecular complexity index is 571. The predicted octanol–water partition coefficient (Wildman–Crippen LogP) is 4.98. The van der Waals surface area contributed by atoms with E-state index in [-0.39, 0.29) is 0 Å². The van der Waals surface area contributed by atoms with Crippen LogP contribution in [0.25, 0.3) is 11.0 Å². The Labute approximate surface area is 123 Å². The second-order valence-electron chi connectivity index (χ2n) is 5.26. The third-order valence-electron chi connectivity index (χ3n) is 3.98. The summed E-state index contributed by atoms with van der Waals surface area (Å²) in [5, 5.41) is 0.780. The molecule has 19 heavy (non-hydrogen) atoms. The molecule has 1 saturated carbocycles. The molecule has 4 heteroatoms. The van der Waals surface area contributed by atoms with E-state index in [0.717, 1.165) is 22.8 Å². The Hall–Kier alpha value is -0.730. The molecule has 0 saturated heterocycles. The van der Waals surface area contributed by atoms with E-state index >= 15 is 0 Å². The fraction of sp³-hybridized carbons (Fsp3) is 0.533. The van der Waals surface area contributed by atoms with Crippen molar-refractivity contribution in [2.24, 2.45) is 0 Å². The number of benzene rings is 1. The molecule has 2 aromatic rings. The van der Waals surface area contributed by atoms with Crippen LogP contribution in [0.15, 0.2) is 18.2 Å². The van der Waals surface area contributed by atoms with Crippen LogP contribution in [0, 0.1) is 0 Å². The molecule has 0 spiro atoms. The number of hydrogen-bond acceptors (Lipinski definition) is 1. The summed E-state index contributed by atoms with van der Waals surface area (Å²) in [5.74, 6) is 1.73. The Morgan fingerprint density at radius 2 is 2.00 bits per heavy atom. The fourth-order valence-electron chi connectivity index (χ4n) is 3.12. The minimum Gasteiger partial charge on any atom is -0.325 e. The zero-order valence-corrected chi connectivity index (χ0v) is 12.4.